The molecule has 3 aromatic rings. The van der Waals surface area contributed by atoms with Gasteiger partial charge in [0.25, 0.3) is 5.91 Å². The molecule has 1 N–H and O–H groups in total. The first-order chi connectivity index (χ1) is 12.1. The van der Waals surface area contributed by atoms with Crippen LogP contribution < -0.4 is 5.43 Å². The number of amides is 1. The van der Waals surface area contributed by atoms with Crippen LogP contribution in [0.2, 0.25) is 0 Å². The van der Waals surface area contributed by atoms with Gasteiger partial charge in [-0.2, -0.15) is 9.90 Å². The number of nitrogens with one attached hydrogen (secondary N) is 1. The molecule has 0 unspecified atom stereocenters. The molecule has 1 aromatic heterocycles. The molecule has 1 amide bonds. The van der Waals surface area contributed by atoms with E-state index < -0.39 is 5.91 Å². The van der Waals surface area contributed by atoms with E-state index in [0.717, 1.165) is 4.80 Å². The Morgan fingerprint density at radius 2 is 1.72 bits per heavy atom. The third-order valence-corrected chi connectivity index (χ3v) is 3.11. The number of carbonyl (C=O) groups is 1. The number of carbonyl (C=O) groups excluding carboxylic acids is 1. The van der Waals surface area contributed by atoms with Crippen LogP contribution in [0.3, 0.4) is 0 Å². The monoisotopic (exact) mass is 342 g/mol. The van der Waals surface area contributed by atoms with Crippen molar-refractivity contribution in [3.05, 3.63) is 65.7 Å². The summed E-state index contributed by atoms with van der Waals surface area (Å²) in [5.74, 6) is -0.894. The van der Waals surface area contributed by atoms with Crippen molar-refractivity contribution in [3.8, 4) is 11.4 Å². The summed E-state index contributed by atoms with van der Waals surface area (Å²) in [5.41, 5.74) is 3.53. The SMILES string of the molecule is O=C(Cn1nnc(-c2ccc(F)cc2)n1)N/N=C\c1ccc(F)cc1. The van der Waals surface area contributed by atoms with E-state index in [0.29, 0.717) is 11.1 Å². The Hall–Kier alpha value is -3.49. The highest BCUT2D eigenvalue weighted by Crippen LogP contribution is 2.13. The van der Waals surface area contributed by atoms with Crippen LogP contribution >= 0.6 is 0 Å². The first-order valence-electron chi connectivity index (χ1n) is 7.21. The minimum Gasteiger partial charge on any atom is -0.271 e. The van der Waals surface area contributed by atoms with Gasteiger partial charge in [-0.25, -0.2) is 14.2 Å². The first kappa shape index (κ1) is 16.4. The van der Waals surface area contributed by atoms with Crippen LogP contribution in [0.4, 0.5) is 8.78 Å². The number of hydrogen-bond donors (Lipinski definition) is 1. The highest BCUT2D eigenvalue weighted by atomic mass is 19.1. The van der Waals surface area contributed by atoms with Gasteiger partial charge in [0.2, 0.25) is 5.82 Å². The molecule has 0 saturated heterocycles. The zero-order valence-electron chi connectivity index (χ0n) is 12.8. The average molecular weight is 342 g/mol. The van der Waals surface area contributed by atoms with Crippen molar-refractivity contribution < 1.29 is 13.6 Å². The van der Waals surface area contributed by atoms with Gasteiger partial charge in [-0.15, -0.1) is 10.2 Å². The minimum atomic E-state index is -0.457. The van der Waals surface area contributed by atoms with Crippen molar-refractivity contribution in [1.29, 1.82) is 0 Å². The Kier molecular flexibility index (Phi) is 4.84. The number of rotatable bonds is 5. The van der Waals surface area contributed by atoms with E-state index in [2.05, 4.69) is 25.9 Å². The molecule has 0 aliphatic rings. The fourth-order valence-electron chi connectivity index (χ4n) is 1.92. The lowest BCUT2D eigenvalue weighted by molar-refractivity contribution is -0.122. The summed E-state index contributed by atoms with van der Waals surface area (Å²) < 4.78 is 25.7. The largest absolute Gasteiger partial charge is 0.271 e. The molecule has 0 spiro atoms. The van der Waals surface area contributed by atoms with Crippen LogP contribution in [-0.2, 0) is 11.3 Å². The van der Waals surface area contributed by atoms with Gasteiger partial charge in [0, 0.05) is 5.56 Å². The highest BCUT2D eigenvalue weighted by molar-refractivity contribution is 5.82. The van der Waals surface area contributed by atoms with Crippen molar-refractivity contribution in [1.82, 2.24) is 25.6 Å². The van der Waals surface area contributed by atoms with Crippen LogP contribution in [0.1, 0.15) is 5.56 Å². The lowest BCUT2D eigenvalue weighted by atomic mass is 10.2. The Labute approximate surface area is 141 Å². The third kappa shape index (κ3) is 4.50. The van der Waals surface area contributed by atoms with Crippen molar-refractivity contribution in [3.63, 3.8) is 0 Å². The van der Waals surface area contributed by atoms with Gasteiger partial charge < -0.3 is 0 Å². The zero-order valence-corrected chi connectivity index (χ0v) is 12.8. The van der Waals surface area contributed by atoms with Crippen molar-refractivity contribution in [2.24, 2.45) is 5.10 Å². The van der Waals surface area contributed by atoms with E-state index in [1.165, 1.54) is 54.7 Å². The van der Waals surface area contributed by atoms with E-state index in [9.17, 15) is 13.6 Å². The van der Waals surface area contributed by atoms with Crippen LogP contribution in [0, 0.1) is 11.6 Å². The summed E-state index contributed by atoms with van der Waals surface area (Å²) in [6.07, 6.45) is 1.38. The number of benzene rings is 2. The lowest BCUT2D eigenvalue weighted by Gasteiger charge is -1.98. The predicted molar refractivity (Wildman–Crippen MR) is 85.3 cm³/mol. The van der Waals surface area contributed by atoms with Gasteiger partial charge in [-0.3, -0.25) is 4.79 Å². The molecule has 0 aliphatic carbocycles. The Morgan fingerprint density at radius 1 is 1.08 bits per heavy atom. The summed E-state index contributed by atoms with van der Waals surface area (Å²) in [7, 11) is 0. The fraction of sp³-hybridized carbons (Fsp3) is 0.0625. The summed E-state index contributed by atoms with van der Waals surface area (Å²) in [4.78, 5) is 12.9. The molecule has 2 aromatic carbocycles. The van der Waals surface area contributed by atoms with Crippen LogP contribution in [0.5, 0.6) is 0 Å². The highest BCUT2D eigenvalue weighted by Gasteiger charge is 2.09. The molecular weight excluding hydrogens is 330 g/mol. The number of tetrazole rings is 1. The summed E-state index contributed by atoms with van der Waals surface area (Å²) in [6, 6.07) is 11.2. The van der Waals surface area contributed by atoms with Crippen molar-refractivity contribution >= 4 is 12.1 Å². The quantitative estimate of drug-likeness (QED) is 0.566. The molecule has 0 saturated carbocycles. The summed E-state index contributed by atoms with van der Waals surface area (Å²) >= 11 is 0. The van der Waals surface area contributed by atoms with Crippen LogP contribution in [-0.4, -0.2) is 32.3 Å². The first-order valence-corrected chi connectivity index (χ1v) is 7.21. The number of hydrazone groups is 1. The average Bonchev–Trinajstić information content (AvgIpc) is 3.06. The zero-order chi connectivity index (χ0) is 17.6. The second-order valence-electron chi connectivity index (χ2n) is 5.00. The number of halogens is 2. The molecule has 1 heterocycles. The van der Waals surface area contributed by atoms with Gasteiger partial charge in [0.05, 0.1) is 6.21 Å². The maximum atomic E-state index is 12.9. The maximum Gasteiger partial charge on any atom is 0.263 e. The van der Waals surface area contributed by atoms with E-state index in [-0.39, 0.29) is 24.0 Å². The maximum absolute atomic E-state index is 12.9. The Balaban J connectivity index is 1.56. The number of aromatic nitrogens is 4. The molecule has 9 heteroatoms. The normalized spacial score (nSPS) is 11.0. The molecule has 0 bridgehead atoms. The minimum absolute atomic E-state index is 0.186. The van der Waals surface area contributed by atoms with Gasteiger partial charge in [-0.1, -0.05) is 12.1 Å². The summed E-state index contributed by atoms with van der Waals surface area (Å²) in [6.45, 7) is -0.186. The van der Waals surface area contributed by atoms with Gasteiger partial charge in [0.15, 0.2) is 0 Å². The van der Waals surface area contributed by atoms with E-state index >= 15 is 0 Å². The number of nitrogens with zero attached hydrogens (tertiary/aromatic N) is 5. The van der Waals surface area contributed by atoms with E-state index in [4.69, 9.17) is 0 Å². The van der Waals surface area contributed by atoms with Gasteiger partial charge in [-0.05, 0) is 47.2 Å². The van der Waals surface area contributed by atoms with Crippen LogP contribution in [0.25, 0.3) is 11.4 Å². The van der Waals surface area contributed by atoms with Gasteiger partial charge >= 0.3 is 0 Å². The standard InChI is InChI=1S/C16H12F2N6O/c17-13-5-1-11(2-6-13)9-19-20-15(25)10-24-22-16(21-23-24)12-3-7-14(18)8-4-12/h1-9H,10H2,(H,20,25)/b19-9-. The molecule has 0 aliphatic heterocycles. The van der Waals surface area contributed by atoms with Crippen molar-refractivity contribution in [2.75, 3.05) is 0 Å². The molecule has 3 rings (SSSR count). The molecule has 0 radical (unpaired) electrons. The van der Waals surface area contributed by atoms with Crippen LogP contribution in [0.15, 0.2) is 53.6 Å². The topological polar surface area (TPSA) is 85.1 Å². The Bertz CT molecular complexity index is 890. The van der Waals surface area contributed by atoms with E-state index in [1.54, 1.807) is 0 Å². The van der Waals surface area contributed by atoms with Gasteiger partial charge in [0.1, 0.15) is 18.2 Å². The molecule has 0 atom stereocenters. The molecule has 126 valence electrons. The van der Waals surface area contributed by atoms with Crippen molar-refractivity contribution in [2.45, 2.75) is 6.54 Å². The molecular formula is C16H12F2N6O. The summed E-state index contributed by atoms with van der Waals surface area (Å²) in [5, 5.41) is 15.4. The molecule has 7 nitrogen and oxygen atoms in total. The molecule has 0 fully saturated rings. The van der Waals surface area contributed by atoms with E-state index in [1.807, 2.05) is 0 Å². The fourth-order valence-corrected chi connectivity index (χ4v) is 1.92. The third-order valence-electron chi connectivity index (χ3n) is 3.11. The predicted octanol–water partition coefficient (Wildman–Crippen LogP) is 1.77. The second kappa shape index (κ2) is 7.39. The Morgan fingerprint density at radius 3 is 2.40 bits per heavy atom. The molecule has 25 heavy (non-hydrogen) atoms. The number of hydrogen-bond acceptors (Lipinski definition) is 5. The second-order valence-corrected chi connectivity index (χ2v) is 5.00. The lowest BCUT2D eigenvalue weighted by Crippen LogP contribution is -2.24. The smallest absolute Gasteiger partial charge is 0.263 e.